The Kier molecular flexibility index (Phi) is 18.3. The number of nitrogens with two attached hydrogens (primary N) is 1. The van der Waals surface area contributed by atoms with E-state index in [1.54, 1.807) is 13.8 Å². The number of allylic oxidation sites excluding steroid dienone is 1. The SMILES string of the molecule is C/C(=C\C(=O)N[C@H]1CCc2cccc3c2N(C1=O)[C@H](C(=O)N[C@@H](CCC(N)=O)[C@@H](C)OCc1ccc(C(C)C)cc1)C3)c1ccc(C(F)(F)P(=O)(OCOC(=O)C(C)(C)C)OCOC(=O)C(C)(C)C)cc1. The van der Waals surface area contributed by atoms with Crippen molar-refractivity contribution in [3.8, 4) is 0 Å². The lowest BCUT2D eigenvalue weighted by Crippen LogP contribution is -2.56. The summed E-state index contributed by atoms with van der Waals surface area (Å²) in [5, 5.41) is 5.82. The first-order chi connectivity index (χ1) is 33.1. The molecule has 0 spiro atoms. The van der Waals surface area contributed by atoms with Crippen LogP contribution in [0.4, 0.5) is 14.5 Å². The molecule has 386 valence electrons. The van der Waals surface area contributed by atoms with Crippen molar-refractivity contribution in [3.63, 3.8) is 0 Å². The van der Waals surface area contributed by atoms with E-state index >= 15 is 8.78 Å². The predicted molar refractivity (Wildman–Crippen MR) is 261 cm³/mol. The molecular formula is C52H67F2N4O12P. The largest absolute Gasteiger partial charge is 0.438 e. The van der Waals surface area contributed by atoms with Crippen molar-refractivity contribution in [1.29, 1.82) is 0 Å². The van der Waals surface area contributed by atoms with Crippen LogP contribution >= 0.6 is 7.60 Å². The number of benzene rings is 3. The minimum atomic E-state index is -5.58. The van der Waals surface area contributed by atoms with Gasteiger partial charge in [-0.1, -0.05) is 80.6 Å². The van der Waals surface area contributed by atoms with E-state index in [2.05, 4.69) is 24.5 Å². The third-order valence-electron chi connectivity index (χ3n) is 12.2. The van der Waals surface area contributed by atoms with Crippen LogP contribution in [-0.2, 0) is 81.7 Å². The average molecular weight is 1010 g/mol. The fourth-order valence-electron chi connectivity index (χ4n) is 7.83. The van der Waals surface area contributed by atoms with Gasteiger partial charge in [0.15, 0.2) is 0 Å². The zero-order chi connectivity index (χ0) is 52.6. The van der Waals surface area contributed by atoms with Crippen LogP contribution in [0.5, 0.6) is 0 Å². The number of primary amides is 1. The smallest absolute Gasteiger partial charge is 0.410 e. The van der Waals surface area contributed by atoms with E-state index in [0.717, 1.165) is 28.8 Å². The lowest BCUT2D eigenvalue weighted by Gasteiger charge is -2.31. The van der Waals surface area contributed by atoms with Gasteiger partial charge >= 0.3 is 25.2 Å². The van der Waals surface area contributed by atoms with E-state index in [9.17, 15) is 33.3 Å². The van der Waals surface area contributed by atoms with Gasteiger partial charge in [0.2, 0.25) is 37.2 Å². The lowest BCUT2D eigenvalue weighted by molar-refractivity contribution is -0.163. The second-order valence-corrected chi connectivity index (χ2v) is 22.4. The standard InChI is InChI=1S/C52H67F2N4O12P/c1-31(2)35-16-14-34(15-17-35)28-66-33(4)40(24-25-43(55)59)57-46(61)42-27-38-13-11-12-37-20-23-41(47(62)58(42)45(37)38)56-44(60)26-32(3)36-18-21-39(22-19-36)52(53,54)71(65,69-29-67-48(63)50(5,6)7)70-30-68-49(64)51(8,9)10/h11-19,21-22,26,31,33,40-42H,20,23-25,27-30H2,1-10H3,(H2,55,59)(H,56,60)(H,57,61)/b32-26+/t33-,40+,41+,42+/m1/s1. The number of rotatable bonds is 21. The summed E-state index contributed by atoms with van der Waals surface area (Å²) in [4.78, 5) is 80.4. The van der Waals surface area contributed by atoms with Crippen LogP contribution in [0, 0.1) is 10.8 Å². The Hall–Kier alpha value is -5.81. The number of nitrogens with zero attached hydrogens (tertiary/aromatic N) is 1. The van der Waals surface area contributed by atoms with Gasteiger partial charge in [-0.15, -0.1) is 0 Å². The molecule has 4 N–H and O–H groups in total. The maximum Gasteiger partial charge on any atom is 0.410 e. The molecule has 2 aliphatic heterocycles. The number of para-hydroxylation sites is 1. The second kappa shape index (κ2) is 23.2. The Bertz CT molecular complexity index is 2480. The summed E-state index contributed by atoms with van der Waals surface area (Å²) in [6, 6.07) is 15.4. The molecule has 0 aliphatic carbocycles. The quantitative estimate of drug-likeness (QED) is 0.0397. The Labute approximate surface area is 414 Å². The van der Waals surface area contributed by atoms with Gasteiger partial charge in [-0.05, 0) is 114 Å². The molecule has 71 heavy (non-hydrogen) atoms. The molecule has 0 saturated carbocycles. The summed E-state index contributed by atoms with van der Waals surface area (Å²) in [5.41, 5.74) is 3.23. The summed E-state index contributed by atoms with van der Waals surface area (Å²) in [7, 11) is -5.58. The number of halogens is 2. The molecule has 2 heterocycles. The first-order valence-electron chi connectivity index (χ1n) is 23.6. The molecule has 3 aromatic carbocycles. The van der Waals surface area contributed by atoms with Gasteiger partial charge in [-0.25, -0.2) is 0 Å². The number of aryl methyl sites for hydroxylation is 1. The summed E-state index contributed by atoms with van der Waals surface area (Å²) < 4.78 is 72.0. The van der Waals surface area contributed by atoms with Gasteiger partial charge in [0.1, 0.15) is 12.1 Å². The Morgan fingerprint density at radius 3 is 1.99 bits per heavy atom. The highest BCUT2D eigenvalue weighted by Crippen LogP contribution is 2.67. The number of esters is 2. The Balaban J connectivity index is 1.30. The van der Waals surface area contributed by atoms with Gasteiger partial charge in [0, 0.05) is 24.5 Å². The molecule has 16 nitrogen and oxygen atoms in total. The lowest BCUT2D eigenvalue weighted by atomic mass is 9.98. The minimum Gasteiger partial charge on any atom is -0.438 e. The highest BCUT2D eigenvalue weighted by atomic mass is 31.2. The van der Waals surface area contributed by atoms with E-state index in [1.165, 1.54) is 70.2 Å². The van der Waals surface area contributed by atoms with Crippen LogP contribution in [0.15, 0.2) is 72.8 Å². The number of carbonyl (C=O) groups excluding carboxylic acids is 6. The number of hydrogen-bond acceptors (Lipinski definition) is 12. The molecule has 19 heteroatoms. The summed E-state index contributed by atoms with van der Waals surface area (Å²) in [6.07, 6.45) is 1.65. The van der Waals surface area contributed by atoms with E-state index < -0.39 is 103 Å². The molecule has 3 aromatic rings. The average Bonchev–Trinajstić information content (AvgIpc) is 3.64. The first kappa shape index (κ1) is 56.1. The topological polar surface area (TPSA) is 219 Å². The summed E-state index contributed by atoms with van der Waals surface area (Å²) in [5.74, 6) is -3.47. The number of amides is 4. The van der Waals surface area contributed by atoms with Crippen molar-refractivity contribution in [1.82, 2.24) is 10.6 Å². The van der Waals surface area contributed by atoms with Gasteiger partial charge in [-0.2, -0.15) is 8.78 Å². The molecular weight excluding hydrogens is 942 g/mol. The Morgan fingerprint density at radius 2 is 1.44 bits per heavy atom. The van der Waals surface area contributed by atoms with Gasteiger partial charge in [0.05, 0.1) is 35.3 Å². The first-order valence-corrected chi connectivity index (χ1v) is 25.1. The molecule has 0 saturated heterocycles. The van der Waals surface area contributed by atoms with Crippen LogP contribution in [-0.4, -0.2) is 73.4 Å². The third kappa shape index (κ3) is 14.2. The Morgan fingerprint density at radius 1 is 0.859 bits per heavy atom. The van der Waals surface area contributed by atoms with Crippen LogP contribution in [0.1, 0.15) is 128 Å². The van der Waals surface area contributed by atoms with Crippen molar-refractivity contribution in [2.75, 3.05) is 18.5 Å². The summed E-state index contributed by atoms with van der Waals surface area (Å²) >= 11 is 0. The fraction of sp³-hybridized carbons (Fsp3) is 0.500. The number of alkyl halides is 2. The van der Waals surface area contributed by atoms with Crippen molar-refractivity contribution < 1.29 is 65.4 Å². The normalized spacial score (nSPS) is 17.2. The maximum absolute atomic E-state index is 16.2. The molecule has 0 radical (unpaired) electrons. The highest BCUT2D eigenvalue weighted by molar-refractivity contribution is 7.54. The molecule has 4 amide bonds. The third-order valence-corrected chi connectivity index (χ3v) is 14.0. The van der Waals surface area contributed by atoms with Crippen LogP contribution in [0.3, 0.4) is 0 Å². The predicted octanol–water partition coefficient (Wildman–Crippen LogP) is 8.33. The molecule has 5 rings (SSSR count). The number of carbonyl (C=O) groups is 6. The van der Waals surface area contributed by atoms with Gasteiger partial charge in [0.25, 0.3) is 0 Å². The van der Waals surface area contributed by atoms with E-state index in [1.807, 2.05) is 42.5 Å². The number of ether oxygens (including phenoxy) is 3. The van der Waals surface area contributed by atoms with E-state index in [-0.39, 0.29) is 32.3 Å². The van der Waals surface area contributed by atoms with Crippen LogP contribution in [0.25, 0.3) is 5.57 Å². The number of hydrogen-bond donors (Lipinski definition) is 3. The maximum atomic E-state index is 16.2. The monoisotopic (exact) mass is 1010 g/mol. The van der Waals surface area contributed by atoms with Gasteiger partial charge < -0.3 is 30.6 Å². The number of nitrogens with one attached hydrogen (secondary N) is 2. The summed E-state index contributed by atoms with van der Waals surface area (Å²) in [6.45, 7) is 14.6. The number of anilines is 1. The molecule has 2 aliphatic rings. The molecule has 4 atom stereocenters. The van der Waals surface area contributed by atoms with Crippen molar-refractivity contribution in [2.24, 2.45) is 16.6 Å². The van der Waals surface area contributed by atoms with E-state index in [0.29, 0.717) is 29.2 Å². The van der Waals surface area contributed by atoms with Gasteiger partial charge in [-0.3, -0.25) is 47.3 Å². The van der Waals surface area contributed by atoms with Crippen molar-refractivity contribution in [2.45, 2.75) is 144 Å². The zero-order valence-electron chi connectivity index (χ0n) is 42.1. The molecule has 0 aromatic heterocycles. The fourth-order valence-corrected chi connectivity index (χ4v) is 9.08. The molecule has 0 fully saturated rings. The van der Waals surface area contributed by atoms with Crippen molar-refractivity contribution in [3.05, 3.63) is 106 Å². The van der Waals surface area contributed by atoms with E-state index in [4.69, 9.17) is 29.0 Å². The highest BCUT2D eigenvalue weighted by Gasteiger charge is 2.56. The molecule has 0 unspecified atom stereocenters. The van der Waals surface area contributed by atoms with Crippen LogP contribution < -0.4 is 21.3 Å². The zero-order valence-corrected chi connectivity index (χ0v) is 43.0. The minimum absolute atomic E-state index is 0.0150. The second-order valence-electron chi connectivity index (χ2n) is 20.3. The van der Waals surface area contributed by atoms with Crippen LogP contribution in [0.2, 0.25) is 0 Å². The van der Waals surface area contributed by atoms with Crippen molar-refractivity contribution >= 4 is 54.4 Å². The molecule has 0 bridgehead atoms.